The second-order valence-corrected chi connectivity index (χ2v) is 6.74. The Labute approximate surface area is 132 Å². The summed E-state index contributed by atoms with van der Waals surface area (Å²) in [5.74, 6) is 0. The Balaban J connectivity index is 2.90. The fourth-order valence-electron chi connectivity index (χ4n) is 3.14. The predicted octanol–water partition coefficient (Wildman–Crippen LogP) is 5.43. The molecule has 120 valence electrons. The van der Waals surface area contributed by atoms with Crippen molar-refractivity contribution in [2.24, 2.45) is 5.41 Å². The van der Waals surface area contributed by atoms with E-state index in [0.717, 1.165) is 13.1 Å². The quantitative estimate of drug-likeness (QED) is 0.566. The third kappa shape index (κ3) is 5.82. The normalized spacial score (nSPS) is 14.1. The first-order valence-electron chi connectivity index (χ1n) is 8.83. The van der Waals surface area contributed by atoms with Gasteiger partial charge in [0.15, 0.2) is 0 Å². The first kappa shape index (κ1) is 18.2. The monoisotopic (exact) mass is 289 g/mol. The van der Waals surface area contributed by atoms with Crippen LogP contribution in [0.2, 0.25) is 0 Å². The number of rotatable bonds is 10. The van der Waals surface area contributed by atoms with Crippen LogP contribution in [0.5, 0.6) is 0 Å². The minimum Gasteiger partial charge on any atom is -0.316 e. The molecule has 1 aromatic carbocycles. The zero-order valence-corrected chi connectivity index (χ0v) is 14.9. The maximum absolute atomic E-state index is 3.69. The summed E-state index contributed by atoms with van der Waals surface area (Å²) in [7, 11) is 0. The van der Waals surface area contributed by atoms with Gasteiger partial charge in [-0.1, -0.05) is 57.4 Å². The number of hydrogen-bond donors (Lipinski definition) is 1. The van der Waals surface area contributed by atoms with Crippen molar-refractivity contribution in [3.63, 3.8) is 0 Å². The first-order chi connectivity index (χ1) is 10.1. The molecule has 0 saturated heterocycles. The van der Waals surface area contributed by atoms with Crippen molar-refractivity contribution < 1.29 is 0 Å². The Morgan fingerprint density at radius 1 is 1.05 bits per heavy atom. The van der Waals surface area contributed by atoms with E-state index in [9.17, 15) is 0 Å². The summed E-state index contributed by atoms with van der Waals surface area (Å²) < 4.78 is 0. The first-order valence-corrected chi connectivity index (χ1v) is 8.83. The molecule has 0 aromatic heterocycles. The molecule has 1 aromatic rings. The minimum absolute atomic E-state index is 0.420. The summed E-state index contributed by atoms with van der Waals surface area (Å²) >= 11 is 0. The molecule has 0 amide bonds. The fraction of sp³-hybridized carbons (Fsp3) is 0.700. The van der Waals surface area contributed by atoms with E-state index in [-0.39, 0.29) is 0 Å². The molecular formula is C20H35N. The molecular weight excluding hydrogens is 254 g/mol. The van der Waals surface area contributed by atoms with Crippen LogP contribution in [0.1, 0.15) is 69.6 Å². The van der Waals surface area contributed by atoms with Gasteiger partial charge in [0.05, 0.1) is 0 Å². The van der Waals surface area contributed by atoms with Gasteiger partial charge < -0.3 is 5.32 Å². The highest BCUT2D eigenvalue weighted by molar-refractivity contribution is 5.31. The van der Waals surface area contributed by atoms with Crippen LogP contribution in [-0.4, -0.2) is 13.1 Å². The van der Waals surface area contributed by atoms with Crippen molar-refractivity contribution >= 4 is 0 Å². The van der Waals surface area contributed by atoms with Crippen LogP contribution in [0.25, 0.3) is 0 Å². The summed E-state index contributed by atoms with van der Waals surface area (Å²) in [4.78, 5) is 0. The maximum atomic E-state index is 3.69. The molecule has 0 spiro atoms. The lowest BCUT2D eigenvalue weighted by molar-refractivity contribution is 0.229. The van der Waals surface area contributed by atoms with Crippen LogP contribution in [0.15, 0.2) is 18.2 Å². The van der Waals surface area contributed by atoms with Crippen molar-refractivity contribution in [2.45, 2.75) is 73.1 Å². The second-order valence-electron chi connectivity index (χ2n) is 6.74. The van der Waals surface area contributed by atoms with Gasteiger partial charge in [0, 0.05) is 6.54 Å². The van der Waals surface area contributed by atoms with Gasteiger partial charge in [0.25, 0.3) is 0 Å². The van der Waals surface area contributed by atoms with Gasteiger partial charge >= 0.3 is 0 Å². The number of unbranched alkanes of at least 4 members (excludes halogenated alkanes) is 1. The van der Waals surface area contributed by atoms with Gasteiger partial charge in [-0.2, -0.15) is 0 Å². The minimum atomic E-state index is 0.420. The standard InChI is InChI=1S/C20H35N/c1-6-9-12-20(8-3,16-21-13-7-2)15-19-14-17(4)10-11-18(19)5/h10-11,14,21H,6-9,12-13,15-16H2,1-5H3. The number of aryl methyl sites for hydroxylation is 2. The summed E-state index contributed by atoms with van der Waals surface area (Å²) in [5.41, 5.74) is 4.80. The molecule has 0 bridgehead atoms. The summed E-state index contributed by atoms with van der Waals surface area (Å²) in [6, 6.07) is 6.91. The smallest absolute Gasteiger partial charge is 0.00109 e. The highest BCUT2D eigenvalue weighted by Crippen LogP contribution is 2.33. The average molecular weight is 290 g/mol. The predicted molar refractivity (Wildman–Crippen MR) is 95.0 cm³/mol. The van der Waals surface area contributed by atoms with Crippen LogP contribution in [0, 0.1) is 19.3 Å². The molecule has 1 rings (SSSR count). The average Bonchev–Trinajstić information content (AvgIpc) is 2.48. The molecule has 1 unspecified atom stereocenters. The van der Waals surface area contributed by atoms with Gasteiger partial charge in [-0.05, 0) is 62.6 Å². The maximum Gasteiger partial charge on any atom is 0.00109 e. The molecule has 0 aliphatic heterocycles. The van der Waals surface area contributed by atoms with Crippen molar-refractivity contribution in [3.05, 3.63) is 34.9 Å². The molecule has 1 atom stereocenters. The Bertz CT molecular complexity index is 410. The van der Waals surface area contributed by atoms with Crippen molar-refractivity contribution in [2.75, 3.05) is 13.1 Å². The molecule has 1 heteroatoms. The highest BCUT2D eigenvalue weighted by atomic mass is 14.9. The third-order valence-corrected chi connectivity index (χ3v) is 4.81. The van der Waals surface area contributed by atoms with Crippen molar-refractivity contribution in [1.82, 2.24) is 5.32 Å². The van der Waals surface area contributed by atoms with Crippen molar-refractivity contribution in [1.29, 1.82) is 0 Å². The van der Waals surface area contributed by atoms with Crippen LogP contribution in [0.4, 0.5) is 0 Å². The zero-order valence-electron chi connectivity index (χ0n) is 14.9. The van der Waals surface area contributed by atoms with Crippen LogP contribution >= 0.6 is 0 Å². The molecule has 21 heavy (non-hydrogen) atoms. The van der Waals surface area contributed by atoms with Gasteiger partial charge in [-0.3, -0.25) is 0 Å². The Morgan fingerprint density at radius 2 is 1.81 bits per heavy atom. The van der Waals surface area contributed by atoms with Crippen molar-refractivity contribution in [3.8, 4) is 0 Å². The van der Waals surface area contributed by atoms with E-state index in [2.05, 4.69) is 58.1 Å². The van der Waals surface area contributed by atoms with Crippen LogP contribution in [-0.2, 0) is 6.42 Å². The Morgan fingerprint density at radius 3 is 2.43 bits per heavy atom. The highest BCUT2D eigenvalue weighted by Gasteiger charge is 2.28. The lowest BCUT2D eigenvalue weighted by atomic mass is 9.74. The van der Waals surface area contributed by atoms with Gasteiger partial charge in [0.1, 0.15) is 0 Å². The molecule has 1 N–H and O–H groups in total. The van der Waals surface area contributed by atoms with Crippen LogP contribution in [0.3, 0.4) is 0 Å². The van der Waals surface area contributed by atoms with E-state index >= 15 is 0 Å². The van der Waals surface area contributed by atoms with Gasteiger partial charge in [0.2, 0.25) is 0 Å². The number of nitrogens with one attached hydrogen (secondary N) is 1. The van der Waals surface area contributed by atoms with E-state index in [1.54, 1.807) is 5.56 Å². The summed E-state index contributed by atoms with van der Waals surface area (Å²) in [6.07, 6.45) is 7.67. The molecule has 0 saturated carbocycles. The molecule has 0 radical (unpaired) electrons. The van der Waals surface area contributed by atoms with E-state index in [4.69, 9.17) is 0 Å². The number of hydrogen-bond acceptors (Lipinski definition) is 1. The van der Waals surface area contributed by atoms with E-state index in [1.807, 2.05) is 0 Å². The van der Waals surface area contributed by atoms with E-state index in [1.165, 1.54) is 49.7 Å². The van der Waals surface area contributed by atoms with E-state index < -0.39 is 0 Å². The van der Waals surface area contributed by atoms with Gasteiger partial charge in [-0.25, -0.2) is 0 Å². The largest absolute Gasteiger partial charge is 0.316 e. The topological polar surface area (TPSA) is 12.0 Å². The molecule has 1 nitrogen and oxygen atoms in total. The fourth-order valence-corrected chi connectivity index (χ4v) is 3.14. The molecule has 0 aliphatic carbocycles. The second kappa shape index (κ2) is 9.25. The molecule has 0 aliphatic rings. The zero-order chi connectivity index (χ0) is 15.7. The SMILES string of the molecule is CCCCC(CC)(CNCCC)Cc1cc(C)ccc1C. The summed E-state index contributed by atoms with van der Waals surface area (Å²) in [5, 5.41) is 3.69. The summed E-state index contributed by atoms with van der Waals surface area (Å²) in [6.45, 7) is 13.7. The molecule has 0 heterocycles. The Kier molecular flexibility index (Phi) is 8.03. The van der Waals surface area contributed by atoms with Crippen LogP contribution < -0.4 is 5.32 Å². The third-order valence-electron chi connectivity index (χ3n) is 4.81. The lowest BCUT2D eigenvalue weighted by Crippen LogP contribution is -2.36. The Hall–Kier alpha value is -0.820. The van der Waals surface area contributed by atoms with Gasteiger partial charge in [-0.15, -0.1) is 0 Å². The lowest BCUT2D eigenvalue weighted by Gasteiger charge is -2.34. The number of benzene rings is 1. The molecule has 0 fully saturated rings. The van der Waals surface area contributed by atoms with E-state index in [0.29, 0.717) is 5.41 Å².